The third kappa shape index (κ3) is 4.60. The highest BCUT2D eigenvalue weighted by Crippen LogP contribution is 2.11. The number of carbonyl (C=O) groups excluding carboxylic acids is 2. The molecular formula is C21H21N3O5. The van der Waals surface area contributed by atoms with Gasteiger partial charge in [-0.15, -0.1) is 0 Å². The molecule has 8 heteroatoms. The summed E-state index contributed by atoms with van der Waals surface area (Å²) < 4.78 is 5.98. The van der Waals surface area contributed by atoms with Crippen LogP contribution in [0.5, 0.6) is 0 Å². The Morgan fingerprint density at radius 1 is 1.07 bits per heavy atom. The van der Waals surface area contributed by atoms with Gasteiger partial charge >= 0.3 is 5.97 Å². The summed E-state index contributed by atoms with van der Waals surface area (Å²) in [4.78, 5) is 48.9. The van der Waals surface area contributed by atoms with Gasteiger partial charge in [0.05, 0.1) is 10.8 Å². The molecule has 0 unspecified atom stereocenters. The molecule has 0 aliphatic rings. The van der Waals surface area contributed by atoms with Crippen molar-refractivity contribution in [2.24, 2.45) is 0 Å². The fourth-order valence-electron chi connectivity index (χ4n) is 2.84. The van der Waals surface area contributed by atoms with Gasteiger partial charge in [-0.25, -0.2) is 4.68 Å². The third-order valence-corrected chi connectivity index (χ3v) is 4.48. The average molecular weight is 395 g/mol. The first-order chi connectivity index (χ1) is 13.9. The van der Waals surface area contributed by atoms with Crippen LogP contribution in [0.25, 0.3) is 10.8 Å². The number of benzene rings is 2. The number of ether oxygens (including phenoxy) is 1. The number of nitrogens with zero attached hydrogens (tertiary/aromatic N) is 1. The summed E-state index contributed by atoms with van der Waals surface area (Å²) in [6.07, 6.45) is -0.186. The van der Waals surface area contributed by atoms with E-state index in [1.54, 1.807) is 24.3 Å². The summed E-state index contributed by atoms with van der Waals surface area (Å²) in [6.45, 7) is 2.95. The van der Waals surface area contributed by atoms with Crippen molar-refractivity contribution in [2.45, 2.75) is 32.9 Å². The van der Waals surface area contributed by atoms with Crippen molar-refractivity contribution in [3.8, 4) is 0 Å². The number of carbonyl (C=O) groups is 2. The highest BCUT2D eigenvalue weighted by Gasteiger charge is 2.19. The average Bonchev–Trinajstić information content (AvgIpc) is 2.72. The number of amides is 1. The van der Waals surface area contributed by atoms with E-state index in [0.717, 1.165) is 16.7 Å². The van der Waals surface area contributed by atoms with Gasteiger partial charge in [0, 0.05) is 5.69 Å². The quantitative estimate of drug-likeness (QED) is 0.619. The van der Waals surface area contributed by atoms with Gasteiger partial charge in [-0.2, -0.15) is 0 Å². The summed E-state index contributed by atoms with van der Waals surface area (Å²) in [5.74, 6) is -1.32. The Kier molecular flexibility index (Phi) is 5.92. The van der Waals surface area contributed by atoms with Crippen LogP contribution in [-0.2, 0) is 27.3 Å². The van der Waals surface area contributed by atoms with E-state index in [0.29, 0.717) is 5.69 Å². The molecule has 0 aliphatic heterocycles. The van der Waals surface area contributed by atoms with Crippen LogP contribution < -0.4 is 16.4 Å². The Hall–Kier alpha value is -3.68. The first kappa shape index (κ1) is 20.1. The highest BCUT2D eigenvalue weighted by atomic mass is 16.5. The van der Waals surface area contributed by atoms with Crippen molar-refractivity contribution in [3.05, 3.63) is 74.8 Å². The number of esters is 1. The van der Waals surface area contributed by atoms with Crippen LogP contribution in [0.1, 0.15) is 19.4 Å². The van der Waals surface area contributed by atoms with Crippen LogP contribution in [0.2, 0.25) is 0 Å². The van der Waals surface area contributed by atoms with Gasteiger partial charge in [0.1, 0.15) is 6.54 Å². The molecule has 3 rings (SSSR count). The van der Waals surface area contributed by atoms with E-state index < -0.39 is 35.6 Å². The first-order valence-corrected chi connectivity index (χ1v) is 9.20. The molecule has 0 radical (unpaired) electrons. The molecule has 0 saturated heterocycles. The van der Waals surface area contributed by atoms with Crippen molar-refractivity contribution < 1.29 is 14.3 Å². The number of rotatable bonds is 6. The molecule has 1 aromatic heterocycles. The number of anilines is 1. The molecule has 8 nitrogen and oxygen atoms in total. The predicted octanol–water partition coefficient (Wildman–Crippen LogP) is 1.82. The molecule has 0 spiro atoms. The number of aromatic amines is 1. The molecule has 0 saturated carbocycles. The summed E-state index contributed by atoms with van der Waals surface area (Å²) in [5.41, 5.74) is 0.710. The van der Waals surface area contributed by atoms with E-state index in [2.05, 4.69) is 10.4 Å². The van der Waals surface area contributed by atoms with Crippen LogP contribution >= 0.6 is 0 Å². The summed E-state index contributed by atoms with van der Waals surface area (Å²) in [6, 6.07) is 13.6. The SMILES string of the molecule is CCc1ccc(NC(=O)[C@@H](C)OC(=O)Cn2[nH]c(=O)c3ccccc3c2=O)cc1. The molecule has 0 aliphatic carbocycles. The van der Waals surface area contributed by atoms with Crippen LogP contribution in [-0.4, -0.2) is 27.8 Å². The second kappa shape index (κ2) is 8.55. The van der Waals surface area contributed by atoms with Gasteiger partial charge in [-0.05, 0) is 43.2 Å². The number of nitrogens with one attached hydrogen (secondary N) is 2. The second-order valence-corrected chi connectivity index (χ2v) is 6.55. The molecule has 1 atom stereocenters. The maximum atomic E-state index is 12.4. The normalized spacial score (nSPS) is 11.8. The van der Waals surface area contributed by atoms with Gasteiger partial charge in [-0.3, -0.25) is 24.3 Å². The number of hydrogen-bond donors (Lipinski definition) is 2. The minimum atomic E-state index is -1.07. The molecule has 1 amide bonds. The van der Waals surface area contributed by atoms with Gasteiger partial charge in [0.2, 0.25) is 0 Å². The van der Waals surface area contributed by atoms with E-state index in [4.69, 9.17) is 4.74 Å². The lowest BCUT2D eigenvalue weighted by molar-refractivity contribution is -0.154. The van der Waals surface area contributed by atoms with Crippen LogP contribution in [0.15, 0.2) is 58.1 Å². The molecule has 0 bridgehead atoms. The van der Waals surface area contributed by atoms with Crippen molar-refractivity contribution >= 4 is 28.3 Å². The van der Waals surface area contributed by atoms with Crippen molar-refractivity contribution in [1.82, 2.24) is 9.78 Å². The van der Waals surface area contributed by atoms with E-state index in [1.807, 2.05) is 19.1 Å². The third-order valence-electron chi connectivity index (χ3n) is 4.48. The van der Waals surface area contributed by atoms with Crippen LogP contribution in [0.4, 0.5) is 5.69 Å². The number of aryl methyl sites for hydroxylation is 1. The second-order valence-electron chi connectivity index (χ2n) is 6.55. The van der Waals surface area contributed by atoms with Crippen molar-refractivity contribution in [2.75, 3.05) is 5.32 Å². The van der Waals surface area contributed by atoms with Gasteiger partial charge in [0.25, 0.3) is 17.0 Å². The smallest absolute Gasteiger partial charge is 0.328 e. The predicted molar refractivity (Wildman–Crippen MR) is 109 cm³/mol. The molecule has 150 valence electrons. The van der Waals surface area contributed by atoms with E-state index >= 15 is 0 Å². The summed E-state index contributed by atoms with van der Waals surface area (Å²) >= 11 is 0. The number of fused-ring (bicyclic) bond motifs is 1. The lowest BCUT2D eigenvalue weighted by Crippen LogP contribution is -2.35. The minimum Gasteiger partial charge on any atom is -0.451 e. The molecule has 2 N–H and O–H groups in total. The monoisotopic (exact) mass is 395 g/mol. The lowest BCUT2D eigenvalue weighted by Gasteiger charge is -2.14. The van der Waals surface area contributed by atoms with E-state index in [1.165, 1.54) is 19.1 Å². The molecule has 1 heterocycles. The molecule has 29 heavy (non-hydrogen) atoms. The van der Waals surface area contributed by atoms with Gasteiger partial charge < -0.3 is 10.1 Å². The zero-order valence-corrected chi connectivity index (χ0v) is 16.1. The fourth-order valence-corrected chi connectivity index (χ4v) is 2.84. The zero-order valence-electron chi connectivity index (χ0n) is 16.1. The first-order valence-electron chi connectivity index (χ1n) is 9.20. The Morgan fingerprint density at radius 3 is 2.38 bits per heavy atom. The number of H-pyrrole nitrogens is 1. The topological polar surface area (TPSA) is 110 Å². The fraction of sp³-hybridized carbons (Fsp3) is 0.238. The van der Waals surface area contributed by atoms with Gasteiger partial charge in [0.15, 0.2) is 6.10 Å². The minimum absolute atomic E-state index is 0.199. The molecule has 3 aromatic rings. The zero-order chi connectivity index (χ0) is 21.0. The summed E-state index contributed by atoms with van der Waals surface area (Å²) in [5, 5.41) is 5.45. The summed E-state index contributed by atoms with van der Waals surface area (Å²) in [7, 11) is 0. The Balaban J connectivity index is 1.66. The van der Waals surface area contributed by atoms with Crippen molar-refractivity contribution in [3.63, 3.8) is 0 Å². The maximum absolute atomic E-state index is 12.4. The van der Waals surface area contributed by atoms with E-state index in [9.17, 15) is 19.2 Å². The lowest BCUT2D eigenvalue weighted by atomic mass is 10.1. The number of hydrogen-bond acceptors (Lipinski definition) is 5. The van der Waals surface area contributed by atoms with Gasteiger partial charge in [-0.1, -0.05) is 31.2 Å². The van der Waals surface area contributed by atoms with Crippen molar-refractivity contribution in [1.29, 1.82) is 0 Å². The molecule has 0 fully saturated rings. The number of aromatic nitrogens is 2. The molecule has 2 aromatic carbocycles. The largest absolute Gasteiger partial charge is 0.451 e. The van der Waals surface area contributed by atoms with E-state index in [-0.39, 0.29) is 10.8 Å². The Bertz CT molecular complexity index is 1160. The van der Waals surface area contributed by atoms with Crippen LogP contribution in [0, 0.1) is 0 Å². The molecular weight excluding hydrogens is 374 g/mol. The maximum Gasteiger partial charge on any atom is 0.328 e. The standard InChI is InChI=1S/C21H21N3O5/c1-3-14-8-10-15(11-9-14)22-19(26)13(2)29-18(25)12-24-21(28)17-7-5-4-6-16(17)20(27)23-24/h4-11,13H,3,12H2,1-2H3,(H,22,26)(H,23,27)/t13-/m1/s1. The highest BCUT2D eigenvalue weighted by molar-refractivity contribution is 5.95. The van der Waals surface area contributed by atoms with Crippen LogP contribution in [0.3, 0.4) is 0 Å². The Morgan fingerprint density at radius 2 is 1.72 bits per heavy atom. The Labute approximate surface area is 166 Å².